The highest BCUT2D eigenvalue weighted by molar-refractivity contribution is 7.89. The van der Waals surface area contributed by atoms with Gasteiger partial charge in [-0.05, 0) is 36.6 Å². The van der Waals surface area contributed by atoms with Crippen LogP contribution in [0, 0.1) is 0 Å². The molecule has 0 atom stereocenters. The maximum absolute atomic E-state index is 13.0. The Balaban J connectivity index is 1.40. The molecule has 3 heterocycles. The molecule has 1 aromatic heterocycles. The summed E-state index contributed by atoms with van der Waals surface area (Å²) in [6.07, 6.45) is 3.76. The summed E-state index contributed by atoms with van der Waals surface area (Å²) in [5.41, 5.74) is 0.970. The Morgan fingerprint density at radius 1 is 1.18 bits per heavy atom. The summed E-state index contributed by atoms with van der Waals surface area (Å²) >= 11 is 0. The lowest BCUT2D eigenvalue weighted by molar-refractivity contribution is 0.329. The molecule has 2 aromatic rings. The van der Waals surface area contributed by atoms with Gasteiger partial charge < -0.3 is 15.0 Å². The molecule has 28 heavy (non-hydrogen) atoms. The number of aromatic nitrogens is 2. The van der Waals surface area contributed by atoms with Gasteiger partial charge in [-0.3, -0.25) is 0 Å². The zero-order chi connectivity index (χ0) is 19.7. The molecule has 1 fully saturated rings. The van der Waals surface area contributed by atoms with E-state index in [1.165, 1.54) is 6.33 Å². The number of hydrogen-bond acceptors (Lipinski definition) is 7. The van der Waals surface area contributed by atoms with E-state index in [0.717, 1.165) is 42.2 Å². The summed E-state index contributed by atoms with van der Waals surface area (Å²) in [5.74, 6) is 2.39. The maximum Gasteiger partial charge on any atom is 0.243 e. The Morgan fingerprint density at radius 3 is 2.71 bits per heavy atom. The first kappa shape index (κ1) is 18.9. The van der Waals surface area contributed by atoms with Crippen LogP contribution in [-0.2, 0) is 16.4 Å². The molecule has 0 spiro atoms. The highest BCUT2D eigenvalue weighted by Crippen LogP contribution is 2.30. The zero-order valence-electron chi connectivity index (χ0n) is 16.1. The quantitative estimate of drug-likeness (QED) is 0.814. The molecule has 1 N–H and O–H groups in total. The number of piperidine rings is 1. The molecule has 150 valence electrons. The predicted molar refractivity (Wildman–Crippen MR) is 107 cm³/mol. The molecular formula is C19H25N5O3S. The van der Waals surface area contributed by atoms with Crippen molar-refractivity contribution in [1.82, 2.24) is 14.3 Å². The van der Waals surface area contributed by atoms with Crippen LogP contribution >= 0.6 is 0 Å². The van der Waals surface area contributed by atoms with Gasteiger partial charge in [0.25, 0.3) is 0 Å². The minimum atomic E-state index is -3.48. The van der Waals surface area contributed by atoms with E-state index in [1.807, 2.05) is 25.1 Å². The van der Waals surface area contributed by atoms with E-state index in [9.17, 15) is 8.42 Å². The summed E-state index contributed by atoms with van der Waals surface area (Å²) in [5, 5.41) is 3.41. The van der Waals surface area contributed by atoms with Gasteiger partial charge in [-0.15, -0.1) is 0 Å². The Bertz CT molecular complexity index is 956. The number of hydrogen-bond donors (Lipinski definition) is 1. The number of nitrogens with one attached hydrogen (secondary N) is 1. The summed E-state index contributed by atoms with van der Waals surface area (Å²) in [6.45, 7) is 1.59. The first-order valence-electron chi connectivity index (χ1n) is 9.45. The molecule has 2 aliphatic rings. The topological polar surface area (TPSA) is 87.7 Å². The molecule has 4 rings (SSSR count). The van der Waals surface area contributed by atoms with Crippen molar-refractivity contribution in [2.45, 2.75) is 30.2 Å². The molecule has 0 bridgehead atoms. The third kappa shape index (κ3) is 3.77. The summed E-state index contributed by atoms with van der Waals surface area (Å²) in [4.78, 5) is 10.8. The first-order chi connectivity index (χ1) is 13.4. The van der Waals surface area contributed by atoms with Gasteiger partial charge in [0.1, 0.15) is 23.7 Å². The lowest BCUT2D eigenvalue weighted by Gasteiger charge is -2.32. The van der Waals surface area contributed by atoms with Gasteiger partial charge in [-0.25, -0.2) is 18.4 Å². The normalized spacial score (nSPS) is 17.8. The van der Waals surface area contributed by atoms with Gasteiger partial charge in [-0.1, -0.05) is 0 Å². The Hall–Kier alpha value is -2.39. The minimum absolute atomic E-state index is 0.185. The second-order valence-electron chi connectivity index (χ2n) is 7.35. The Kier molecular flexibility index (Phi) is 5.11. The van der Waals surface area contributed by atoms with Crippen LogP contribution in [0.1, 0.15) is 18.4 Å². The molecule has 8 nitrogen and oxygen atoms in total. The van der Waals surface area contributed by atoms with Crippen LogP contribution in [0.5, 0.6) is 5.75 Å². The van der Waals surface area contributed by atoms with Crippen molar-refractivity contribution in [2.24, 2.45) is 0 Å². The van der Waals surface area contributed by atoms with Crippen molar-refractivity contribution >= 4 is 21.7 Å². The average Bonchev–Trinajstić information content (AvgIpc) is 3.16. The molecule has 1 saturated heterocycles. The van der Waals surface area contributed by atoms with Crippen molar-refractivity contribution in [1.29, 1.82) is 0 Å². The molecule has 0 aliphatic carbocycles. The predicted octanol–water partition coefficient (Wildman–Crippen LogP) is 1.74. The van der Waals surface area contributed by atoms with Crippen LogP contribution in [0.3, 0.4) is 0 Å². The molecule has 0 radical (unpaired) electrons. The third-order valence-corrected chi connectivity index (χ3v) is 7.11. The maximum atomic E-state index is 13.0. The third-order valence-electron chi connectivity index (χ3n) is 5.22. The van der Waals surface area contributed by atoms with E-state index in [-0.39, 0.29) is 6.04 Å². The fourth-order valence-corrected chi connectivity index (χ4v) is 5.11. The van der Waals surface area contributed by atoms with Gasteiger partial charge in [0, 0.05) is 45.7 Å². The number of sulfonamides is 1. The van der Waals surface area contributed by atoms with Crippen molar-refractivity contribution in [3.8, 4) is 5.75 Å². The first-order valence-corrected chi connectivity index (χ1v) is 10.9. The van der Waals surface area contributed by atoms with E-state index < -0.39 is 10.0 Å². The van der Waals surface area contributed by atoms with E-state index in [0.29, 0.717) is 24.6 Å². The molecule has 0 amide bonds. The summed E-state index contributed by atoms with van der Waals surface area (Å²) < 4.78 is 33.1. The van der Waals surface area contributed by atoms with Crippen LogP contribution in [0.2, 0.25) is 0 Å². The SMILES string of the molecule is CN(C)c1cc(NC2CCN(S(=O)(=O)c3ccc4c(c3)CCO4)CC2)ncn1. The van der Waals surface area contributed by atoms with Gasteiger partial charge >= 0.3 is 0 Å². The smallest absolute Gasteiger partial charge is 0.243 e. The highest BCUT2D eigenvalue weighted by atomic mass is 32.2. The van der Waals surface area contributed by atoms with Crippen molar-refractivity contribution in [3.63, 3.8) is 0 Å². The van der Waals surface area contributed by atoms with E-state index in [4.69, 9.17) is 4.74 Å². The van der Waals surface area contributed by atoms with Crippen molar-refractivity contribution < 1.29 is 13.2 Å². The number of ether oxygens (including phenoxy) is 1. The minimum Gasteiger partial charge on any atom is -0.493 e. The van der Waals surface area contributed by atoms with Crippen LogP contribution in [0.15, 0.2) is 35.5 Å². The summed E-state index contributed by atoms with van der Waals surface area (Å²) in [7, 11) is 0.382. The van der Waals surface area contributed by atoms with Gasteiger partial charge in [0.15, 0.2) is 0 Å². The molecule has 9 heteroatoms. The number of nitrogens with zero attached hydrogens (tertiary/aromatic N) is 4. The number of rotatable bonds is 5. The fourth-order valence-electron chi connectivity index (χ4n) is 3.59. The average molecular weight is 404 g/mol. The number of anilines is 2. The van der Waals surface area contributed by atoms with Gasteiger partial charge in [0.05, 0.1) is 11.5 Å². The van der Waals surface area contributed by atoms with E-state index >= 15 is 0 Å². The second kappa shape index (κ2) is 7.56. The molecular weight excluding hydrogens is 378 g/mol. The standard InChI is InChI=1S/C19H25N5O3S/c1-23(2)19-12-18(20-13-21-19)22-15-5-8-24(9-6-15)28(25,26)16-3-4-17-14(11-16)7-10-27-17/h3-4,11-13,15H,5-10H2,1-2H3,(H,20,21,22). The molecule has 0 saturated carbocycles. The lowest BCUT2D eigenvalue weighted by Crippen LogP contribution is -2.42. The molecule has 1 aromatic carbocycles. The van der Waals surface area contributed by atoms with Gasteiger partial charge in [0.2, 0.25) is 10.0 Å². The van der Waals surface area contributed by atoms with Gasteiger partial charge in [-0.2, -0.15) is 4.31 Å². The fraction of sp³-hybridized carbons (Fsp3) is 0.474. The number of benzene rings is 1. The van der Waals surface area contributed by atoms with E-state index in [2.05, 4.69) is 15.3 Å². The largest absolute Gasteiger partial charge is 0.493 e. The Morgan fingerprint density at radius 2 is 1.96 bits per heavy atom. The Labute approximate surface area is 165 Å². The lowest BCUT2D eigenvalue weighted by atomic mass is 10.1. The van der Waals surface area contributed by atoms with Crippen molar-refractivity contribution in [2.75, 3.05) is 44.0 Å². The summed E-state index contributed by atoms with van der Waals surface area (Å²) in [6, 6.07) is 7.25. The molecule has 0 unspecified atom stereocenters. The van der Waals surface area contributed by atoms with Crippen LogP contribution in [0.4, 0.5) is 11.6 Å². The van der Waals surface area contributed by atoms with Crippen LogP contribution in [-0.4, -0.2) is 62.5 Å². The molecule has 2 aliphatic heterocycles. The number of fused-ring (bicyclic) bond motifs is 1. The van der Waals surface area contributed by atoms with Crippen LogP contribution < -0.4 is 15.0 Å². The zero-order valence-corrected chi connectivity index (χ0v) is 16.9. The van der Waals surface area contributed by atoms with Crippen LogP contribution in [0.25, 0.3) is 0 Å². The monoisotopic (exact) mass is 403 g/mol. The highest BCUT2D eigenvalue weighted by Gasteiger charge is 2.30. The second-order valence-corrected chi connectivity index (χ2v) is 9.28. The van der Waals surface area contributed by atoms with Crippen molar-refractivity contribution in [3.05, 3.63) is 36.2 Å². The van der Waals surface area contributed by atoms with E-state index in [1.54, 1.807) is 22.5 Å².